The van der Waals surface area contributed by atoms with E-state index < -0.39 is 18.8 Å². The summed E-state index contributed by atoms with van der Waals surface area (Å²) in [5.41, 5.74) is 0.435. The van der Waals surface area contributed by atoms with Crippen LogP contribution >= 0.6 is 0 Å². The number of halogens is 3. The molecule has 22 heavy (non-hydrogen) atoms. The van der Waals surface area contributed by atoms with Crippen LogP contribution in [-0.2, 0) is 6.54 Å². The number of hydrogen-bond acceptors (Lipinski definition) is 3. The zero-order valence-electron chi connectivity index (χ0n) is 12.4. The maximum Gasteiger partial charge on any atom is 0.422 e. The largest absolute Gasteiger partial charge is 0.484 e. The molecular weight excluding hydrogens is 301 g/mol. The molecule has 1 rings (SSSR count). The third kappa shape index (κ3) is 5.80. The number of carbonyl (C=O) groups excluding carboxylic acids is 1. The number of benzene rings is 1. The summed E-state index contributed by atoms with van der Waals surface area (Å²) in [6.45, 7) is 0.115. The maximum absolute atomic E-state index is 12.2. The summed E-state index contributed by atoms with van der Waals surface area (Å²) < 4.78 is 41.3. The molecule has 0 aliphatic carbocycles. The minimum atomic E-state index is -4.42. The Bertz CT molecular complexity index is 494. The van der Waals surface area contributed by atoms with E-state index in [2.05, 4.69) is 5.32 Å². The molecule has 0 bridgehead atoms. The number of nitrogens with one attached hydrogen (secondary N) is 1. The Labute approximate surface area is 126 Å². The molecule has 0 aliphatic heterocycles. The van der Waals surface area contributed by atoms with Crippen molar-refractivity contribution >= 4 is 6.03 Å². The van der Waals surface area contributed by atoms with Crippen LogP contribution in [0.25, 0.3) is 0 Å². The number of hydrogen-bond donors (Lipinski definition) is 2. The number of rotatable bonds is 6. The number of aliphatic hydroxyl groups excluding tert-OH is 1. The third-order valence-electron chi connectivity index (χ3n) is 3.04. The van der Waals surface area contributed by atoms with Gasteiger partial charge in [-0.3, -0.25) is 0 Å². The predicted molar refractivity (Wildman–Crippen MR) is 74.5 cm³/mol. The van der Waals surface area contributed by atoms with Crippen LogP contribution in [0.15, 0.2) is 24.3 Å². The van der Waals surface area contributed by atoms with E-state index >= 15 is 0 Å². The molecule has 8 heteroatoms. The van der Waals surface area contributed by atoms with Crippen molar-refractivity contribution < 1.29 is 27.8 Å². The fraction of sp³-hybridized carbons (Fsp3) is 0.500. The molecule has 2 N–H and O–H groups in total. The highest BCUT2D eigenvalue weighted by Crippen LogP contribution is 2.22. The number of amides is 2. The van der Waals surface area contributed by atoms with Crippen molar-refractivity contribution in [3.63, 3.8) is 0 Å². The first-order valence-corrected chi connectivity index (χ1v) is 6.63. The summed E-state index contributed by atoms with van der Waals surface area (Å²) in [5.74, 6) is 0.0676. The maximum atomic E-state index is 12.2. The number of urea groups is 1. The molecule has 1 aromatic rings. The highest BCUT2D eigenvalue weighted by Gasteiger charge is 2.28. The molecule has 1 aromatic carbocycles. The lowest BCUT2D eigenvalue weighted by molar-refractivity contribution is -0.153. The Morgan fingerprint density at radius 2 is 2.05 bits per heavy atom. The van der Waals surface area contributed by atoms with Gasteiger partial charge in [0.1, 0.15) is 5.75 Å². The Kier molecular flexibility index (Phi) is 6.48. The second-order valence-corrected chi connectivity index (χ2v) is 4.81. The third-order valence-corrected chi connectivity index (χ3v) is 3.04. The zero-order chi connectivity index (χ0) is 16.8. The van der Waals surface area contributed by atoms with Gasteiger partial charge in [0.2, 0.25) is 0 Å². The van der Waals surface area contributed by atoms with Crippen LogP contribution in [0.5, 0.6) is 5.75 Å². The van der Waals surface area contributed by atoms with Gasteiger partial charge in [-0.25, -0.2) is 4.79 Å². The number of alkyl halides is 3. The molecule has 2 amide bonds. The standard InChI is InChI=1S/C14H19F3N2O3/c1-10(8-20)19(2)13(21)18-7-11-5-3-4-6-12(11)22-9-14(15,16)17/h3-6,10,20H,7-9H2,1-2H3,(H,18,21). The molecular formula is C14H19F3N2O3. The van der Waals surface area contributed by atoms with E-state index in [9.17, 15) is 18.0 Å². The van der Waals surface area contributed by atoms with Crippen molar-refractivity contribution in [1.29, 1.82) is 0 Å². The number of carbonyl (C=O) groups is 1. The van der Waals surface area contributed by atoms with Gasteiger partial charge in [-0.05, 0) is 13.0 Å². The van der Waals surface area contributed by atoms with Crippen molar-refractivity contribution in [2.24, 2.45) is 0 Å². The molecule has 0 aromatic heterocycles. The molecule has 0 radical (unpaired) electrons. The highest BCUT2D eigenvalue weighted by molar-refractivity contribution is 5.74. The van der Waals surface area contributed by atoms with E-state index in [1.165, 1.54) is 18.0 Å². The molecule has 0 saturated carbocycles. The van der Waals surface area contributed by atoms with E-state index in [1.807, 2.05) is 0 Å². The summed E-state index contributed by atoms with van der Waals surface area (Å²) >= 11 is 0. The van der Waals surface area contributed by atoms with Gasteiger partial charge in [-0.15, -0.1) is 0 Å². The first kappa shape index (κ1) is 18.1. The fourth-order valence-corrected chi connectivity index (χ4v) is 1.57. The van der Waals surface area contributed by atoms with E-state index in [4.69, 9.17) is 9.84 Å². The van der Waals surface area contributed by atoms with Gasteiger partial charge in [-0.1, -0.05) is 18.2 Å². The lowest BCUT2D eigenvalue weighted by Crippen LogP contribution is -2.43. The summed E-state index contributed by atoms with van der Waals surface area (Å²) in [7, 11) is 1.52. The van der Waals surface area contributed by atoms with Crippen LogP contribution in [0.1, 0.15) is 12.5 Å². The molecule has 1 unspecified atom stereocenters. The predicted octanol–water partition coefficient (Wildman–Crippen LogP) is 2.15. The monoisotopic (exact) mass is 320 g/mol. The van der Waals surface area contributed by atoms with Crippen molar-refractivity contribution in [1.82, 2.24) is 10.2 Å². The number of para-hydroxylation sites is 1. The van der Waals surface area contributed by atoms with Gasteiger partial charge >= 0.3 is 12.2 Å². The number of ether oxygens (including phenoxy) is 1. The average molecular weight is 320 g/mol. The van der Waals surface area contributed by atoms with Crippen molar-refractivity contribution in [2.45, 2.75) is 25.7 Å². The molecule has 5 nitrogen and oxygen atoms in total. The van der Waals surface area contributed by atoms with E-state index in [-0.39, 0.29) is 24.9 Å². The average Bonchev–Trinajstić information content (AvgIpc) is 2.48. The number of nitrogens with zero attached hydrogens (tertiary/aromatic N) is 1. The lowest BCUT2D eigenvalue weighted by atomic mass is 10.2. The molecule has 0 aliphatic rings. The van der Waals surface area contributed by atoms with E-state index in [0.717, 1.165) is 0 Å². The van der Waals surface area contributed by atoms with E-state index in [0.29, 0.717) is 5.56 Å². The molecule has 0 spiro atoms. The van der Waals surface area contributed by atoms with Crippen LogP contribution in [0.2, 0.25) is 0 Å². The number of aliphatic hydroxyl groups is 1. The molecule has 0 heterocycles. The second kappa shape index (κ2) is 7.88. The van der Waals surface area contributed by atoms with Crippen LogP contribution in [0.4, 0.5) is 18.0 Å². The smallest absolute Gasteiger partial charge is 0.422 e. The summed E-state index contributed by atoms with van der Waals surface area (Å²) in [6, 6.07) is 5.37. The Morgan fingerprint density at radius 1 is 1.41 bits per heavy atom. The summed E-state index contributed by atoms with van der Waals surface area (Å²) in [6.07, 6.45) is -4.42. The first-order valence-electron chi connectivity index (χ1n) is 6.63. The van der Waals surface area contributed by atoms with Crippen molar-refractivity contribution in [3.8, 4) is 5.75 Å². The van der Waals surface area contributed by atoms with Gasteiger partial charge in [0.25, 0.3) is 0 Å². The molecule has 0 fully saturated rings. The Morgan fingerprint density at radius 3 is 2.64 bits per heavy atom. The molecule has 0 saturated heterocycles. The number of likely N-dealkylation sites (N-methyl/N-ethyl adjacent to an activating group) is 1. The van der Waals surface area contributed by atoms with Gasteiger partial charge < -0.3 is 20.1 Å². The highest BCUT2D eigenvalue weighted by atomic mass is 19.4. The first-order chi connectivity index (χ1) is 10.2. The normalized spacial score (nSPS) is 12.6. The topological polar surface area (TPSA) is 61.8 Å². The van der Waals surface area contributed by atoms with Gasteiger partial charge in [0, 0.05) is 19.2 Å². The minimum absolute atomic E-state index is 0.0232. The van der Waals surface area contributed by atoms with Gasteiger partial charge in [-0.2, -0.15) is 13.2 Å². The van der Waals surface area contributed by atoms with Crippen LogP contribution < -0.4 is 10.1 Å². The Hall–Kier alpha value is -1.96. The molecule has 124 valence electrons. The van der Waals surface area contributed by atoms with Crippen LogP contribution in [0.3, 0.4) is 0 Å². The SMILES string of the molecule is CC(CO)N(C)C(=O)NCc1ccccc1OCC(F)(F)F. The zero-order valence-corrected chi connectivity index (χ0v) is 12.4. The quantitative estimate of drug-likeness (QED) is 0.844. The van der Waals surface area contributed by atoms with Gasteiger partial charge in [0.05, 0.1) is 12.6 Å². The Balaban J connectivity index is 2.64. The van der Waals surface area contributed by atoms with Crippen molar-refractivity contribution in [2.75, 3.05) is 20.3 Å². The molecule has 1 atom stereocenters. The van der Waals surface area contributed by atoms with Gasteiger partial charge in [0.15, 0.2) is 6.61 Å². The second-order valence-electron chi connectivity index (χ2n) is 4.81. The van der Waals surface area contributed by atoms with E-state index in [1.54, 1.807) is 25.1 Å². The van der Waals surface area contributed by atoms with Crippen LogP contribution in [-0.4, -0.2) is 48.5 Å². The van der Waals surface area contributed by atoms with Crippen LogP contribution in [0, 0.1) is 0 Å². The minimum Gasteiger partial charge on any atom is -0.484 e. The lowest BCUT2D eigenvalue weighted by Gasteiger charge is -2.23. The van der Waals surface area contributed by atoms with Crippen molar-refractivity contribution in [3.05, 3.63) is 29.8 Å². The summed E-state index contributed by atoms with van der Waals surface area (Å²) in [5, 5.41) is 11.5. The fourth-order valence-electron chi connectivity index (χ4n) is 1.57. The summed E-state index contributed by atoms with van der Waals surface area (Å²) in [4.78, 5) is 13.1.